The molecule has 0 saturated carbocycles. The smallest absolute Gasteiger partial charge is 0.119 e. The van der Waals surface area contributed by atoms with Gasteiger partial charge in [-0.2, -0.15) is 0 Å². The van der Waals surface area contributed by atoms with E-state index in [-0.39, 0.29) is 6.04 Å². The summed E-state index contributed by atoms with van der Waals surface area (Å²) in [5, 5.41) is 3.81. The van der Waals surface area contributed by atoms with Gasteiger partial charge in [-0.05, 0) is 80.6 Å². The van der Waals surface area contributed by atoms with Crippen molar-refractivity contribution in [3.63, 3.8) is 0 Å². The first-order chi connectivity index (χ1) is 16.2. The van der Waals surface area contributed by atoms with E-state index in [1.54, 1.807) is 0 Å². The lowest BCUT2D eigenvalue weighted by atomic mass is 9.87. The molecule has 0 amide bonds. The fraction of sp³-hybridized carbons (Fsp3) is 0.414. The third-order valence-corrected chi connectivity index (χ3v) is 6.80. The number of aromatic nitrogens is 1. The van der Waals surface area contributed by atoms with Crippen molar-refractivity contribution in [3.05, 3.63) is 96.0 Å². The minimum absolute atomic E-state index is 0.0718. The quantitative estimate of drug-likeness (QED) is 0.483. The van der Waals surface area contributed by atoms with Crippen LogP contribution >= 0.6 is 0 Å². The van der Waals surface area contributed by atoms with Gasteiger partial charge in [0.15, 0.2) is 0 Å². The average Bonchev–Trinajstić information content (AvgIpc) is 2.88. The Morgan fingerprint density at radius 3 is 2.58 bits per heavy atom. The summed E-state index contributed by atoms with van der Waals surface area (Å²) in [6.45, 7) is 10.6. The summed E-state index contributed by atoms with van der Waals surface area (Å²) in [5.74, 6) is 1.43. The Balaban J connectivity index is 1.32. The van der Waals surface area contributed by atoms with E-state index in [1.165, 1.54) is 11.1 Å². The molecule has 2 aromatic rings. The Bertz CT molecular complexity index is 943. The van der Waals surface area contributed by atoms with Crippen molar-refractivity contribution in [1.82, 2.24) is 15.2 Å². The number of para-hydroxylation sites is 1. The van der Waals surface area contributed by atoms with E-state index in [9.17, 15) is 0 Å². The monoisotopic (exact) mass is 443 g/mol. The molecule has 4 heteroatoms. The number of pyridine rings is 1. The van der Waals surface area contributed by atoms with Crippen LogP contribution in [-0.4, -0.2) is 36.1 Å². The fourth-order valence-electron chi connectivity index (χ4n) is 4.87. The van der Waals surface area contributed by atoms with Crippen LogP contribution < -0.4 is 10.1 Å². The van der Waals surface area contributed by atoms with Crippen molar-refractivity contribution >= 4 is 0 Å². The molecule has 4 rings (SSSR count). The van der Waals surface area contributed by atoms with E-state index in [0.29, 0.717) is 5.92 Å². The van der Waals surface area contributed by atoms with E-state index in [0.717, 1.165) is 75.5 Å². The second-order valence-electron chi connectivity index (χ2n) is 8.95. The van der Waals surface area contributed by atoms with Crippen LogP contribution in [-0.2, 0) is 0 Å². The van der Waals surface area contributed by atoms with Crippen molar-refractivity contribution in [2.24, 2.45) is 5.92 Å². The van der Waals surface area contributed by atoms with Crippen LogP contribution in [0.3, 0.4) is 0 Å². The zero-order valence-electron chi connectivity index (χ0n) is 19.9. The molecule has 0 bridgehead atoms. The van der Waals surface area contributed by atoms with Gasteiger partial charge in [-0.15, -0.1) is 0 Å². The summed E-state index contributed by atoms with van der Waals surface area (Å²) in [5.41, 5.74) is 5.03. The number of ether oxygens (including phenoxy) is 1. The molecule has 2 heterocycles. The first-order valence-electron chi connectivity index (χ1n) is 12.4. The number of rotatable bonds is 10. The lowest BCUT2D eigenvalue weighted by Gasteiger charge is -2.35. The Morgan fingerprint density at radius 1 is 1.09 bits per heavy atom. The van der Waals surface area contributed by atoms with Crippen molar-refractivity contribution in [2.45, 2.75) is 45.1 Å². The minimum Gasteiger partial charge on any atom is -0.492 e. The van der Waals surface area contributed by atoms with Gasteiger partial charge in [0.1, 0.15) is 12.4 Å². The zero-order chi connectivity index (χ0) is 22.9. The standard InChI is InChI=1S/C29H37N3O/c1-3-24-11-7-8-14-27(24)29(28-15-9-10-18-30-28)31-23(2)25-16-19-32(20-17-25)21-22-33-26-12-5-4-6-13-26/h4-6,9-15,18,25,29,31H,2-3,7-8,16-17,19-22H2,1H3. The van der Waals surface area contributed by atoms with Gasteiger partial charge < -0.3 is 10.1 Å². The number of benzene rings is 1. The normalized spacial score (nSPS) is 18.2. The number of allylic oxidation sites excluding steroid dienone is 3. The second kappa shape index (κ2) is 11.9. The summed E-state index contributed by atoms with van der Waals surface area (Å²) in [4.78, 5) is 7.20. The van der Waals surface area contributed by atoms with Gasteiger partial charge in [0.05, 0.1) is 11.7 Å². The molecule has 1 unspecified atom stereocenters. The van der Waals surface area contributed by atoms with Crippen LogP contribution in [0.25, 0.3) is 0 Å². The van der Waals surface area contributed by atoms with Crippen molar-refractivity contribution in [3.8, 4) is 5.75 Å². The van der Waals surface area contributed by atoms with Crippen LogP contribution in [0.15, 0.2) is 90.3 Å². The minimum atomic E-state index is 0.0718. The molecule has 1 N–H and O–H groups in total. The molecule has 33 heavy (non-hydrogen) atoms. The highest BCUT2D eigenvalue weighted by Gasteiger charge is 2.26. The van der Waals surface area contributed by atoms with Crippen LogP contribution in [0.5, 0.6) is 5.75 Å². The lowest BCUT2D eigenvalue weighted by molar-refractivity contribution is 0.162. The van der Waals surface area contributed by atoms with Crippen LogP contribution in [0.4, 0.5) is 0 Å². The maximum atomic E-state index is 5.88. The van der Waals surface area contributed by atoms with E-state index >= 15 is 0 Å². The number of hydrogen-bond donors (Lipinski definition) is 1. The predicted molar refractivity (Wildman–Crippen MR) is 136 cm³/mol. The summed E-state index contributed by atoms with van der Waals surface area (Å²) in [6.07, 6.45) is 12.2. The Labute approximate surface area is 199 Å². The highest BCUT2D eigenvalue weighted by molar-refractivity contribution is 5.41. The molecule has 1 aliphatic heterocycles. The van der Waals surface area contributed by atoms with E-state index < -0.39 is 0 Å². The maximum absolute atomic E-state index is 5.88. The molecular weight excluding hydrogens is 406 g/mol. The van der Waals surface area contributed by atoms with Crippen LogP contribution in [0.1, 0.15) is 50.8 Å². The average molecular weight is 444 g/mol. The largest absolute Gasteiger partial charge is 0.492 e. The Hall–Kier alpha value is -2.85. The molecule has 0 spiro atoms. The zero-order valence-corrected chi connectivity index (χ0v) is 19.9. The van der Waals surface area contributed by atoms with E-state index in [4.69, 9.17) is 9.72 Å². The van der Waals surface area contributed by atoms with Crippen molar-refractivity contribution < 1.29 is 4.74 Å². The number of likely N-dealkylation sites (tertiary alicyclic amines) is 1. The SMILES string of the molecule is C=C(NC(C1=CCCC=C1CC)c1ccccn1)C1CCN(CCOc2ccccc2)CC1. The second-order valence-corrected chi connectivity index (χ2v) is 8.95. The van der Waals surface area contributed by atoms with Gasteiger partial charge in [-0.1, -0.05) is 49.9 Å². The van der Waals surface area contributed by atoms with Gasteiger partial charge in [0, 0.05) is 24.4 Å². The van der Waals surface area contributed by atoms with Gasteiger partial charge in [0.2, 0.25) is 0 Å². The summed E-state index contributed by atoms with van der Waals surface area (Å²) >= 11 is 0. The van der Waals surface area contributed by atoms with Crippen LogP contribution in [0, 0.1) is 5.92 Å². The number of nitrogens with zero attached hydrogens (tertiary/aromatic N) is 2. The molecule has 1 saturated heterocycles. The number of piperidine rings is 1. The van der Waals surface area contributed by atoms with Gasteiger partial charge >= 0.3 is 0 Å². The number of nitrogens with one attached hydrogen (secondary N) is 1. The summed E-state index contributed by atoms with van der Waals surface area (Å²) in [6, 6.07) is 16.3. The Morgan fingerprint density at radius 2 is 1.85 bits per heavy atom. The molecule has 174 valence electrons. The van der Waals surface area contributed by atoms with Gasteiger partial charge in [0.25, 0.3) is 0 Å². The van der Waals surface area contributed by atoms with Gasteiger partial charge in [-0.3, -0.25) is 9.88 Å². The summed E-state index contributed by atoms with van der Waals surface area (Å²) < 4.78 is 5.88. The lowest BCUT2D eigenvalue weighted by Crippen LogP contribution is -2.39. The molecule has 4 nitrogen and oxygen atoms in total. The highest BCUT2D eigenvalue weighted by atomic mass is 16.5. The third kappa shape index (κ3) is 6.35. The molecule has 1 atom stereocenters. The number of hydrogen-bond acceptors (Lipinski definition) is 4. The topological polar surface area (TPSA) is 37.4 Å². The highest BCUT2D eigenvalue weighted by Crippen LogP contribution is 2.34. The van der Waals surface area contributed by atoms with Crippen molar-refractivity contribution in [1.29, 1.82) is 0 Å². The van der Waals surface area contributed by atoms with Gasteiger partial charge in [-0.25, -0.2) is 0 Å². The Kier molecular flexibility index (Phi) is 8.37. The third-order valence-electron chi connectivity index (χ3n) is 6.80. The van der Waals surface area contributed by atoms with E-state index in [2.05, 4.69) is 48.0 Å². The molecule has 1 aliphatic carbocycles. The molecule has 0 radical (unpaired) electrons. The molecule has 1 aromatic carbocycles. The predicted octanol–water partition coefficient (Wildman–Crippen LogP) is 6.07. The maximum Gasteiger partial charge on any atom is 0.119 e. The van der Waals surface area contributed by atoms with E-state index in [1.807, 2.05) is 42.6 Å². The first-order valence-corrected chi connectivity index (χ1v) is 12.4. The first kappa shape index (κ1) is 23.3. The molecule has 1 aromatic heterocycles. The summed E-state index contributed by atoms with van der Waals surface area (Å²) in [7, 11) is 0. The molecule has 2 aliphatic rings. The molecular formula is C29H37N3O. The fourth-order valence-corrected chi connectivity index (χ4v) is 4.87. The van der Waals surface area contributed by atoms with Crippen molar-refractivity contribution in [2.75, 3.05) is 26.2 Å². The van der Waals surface area contributed by atoms with Crippen LogP contribution in [0.2, 0.25) is 0 Å². The molecule has 1 fully saturated rings.